The SMILES string of the molecule is CCNc1ccc(S(=O)(=O)NC2CCOC2)c([N+](=O)[O-])c1. The molecule has 1 aliphatic heterocycles. The van der Waals surface area contributed by atoms with E-state index in [0.717, 1.165) is 0 Å². The van der Waals surface area contributed by atoms with Crippen LogP contribution in [0.4, 0.5) is 11.4 Å². The van der Waals surface area contributed by atoms with Gasteiger partial charge in [-0.1, -0.05) is 0 Å². The molecule has 0 aliphatic carbocycles. The van der Waals surface area contributed by atoms with Crippen molar-refractivity contribution in [3.8, 4) is 0 Å². The third-order valence-electron chi connectivity index (χ3n) is 3.08. The van der Waals surface area contributed by atoms with Gasteiger partial charge in [0.1, 0.15) is 0 Å². The van der Waals surface area contributed by atoms with Gasteiger partial charge in [0.25, 0.3) is 5.69 Å². The summed E-state index contributed by atoms with van der Waals surface area (Å²) in [5.74, 6) is 0. The van der Waals surface area contributed by atoms with Gasteiger partial charge in [0.15, 0.2) is 4.90 Å². The lowest BCUT2D eigenvalue weighted by atomic mass is 10.3. The Morgan fingerprint density at radius 1 is 1.48 bits per heavy atom. The molecule has 0 aromatic heterocycles. The Kier molecular flexibility index (Phi) is 4.76. The normalized spacial score (nSPS) is 18.6. The highest BCUT2D eigenvalue weighted by Gasteiger charge is 2.29. The van der Waals surface area contributed by atoms with E-state index in [9.17, 15) is 18.5 Å². The molecule has 8 nitrogen and oxygen atoms in total. The van der Waals surface area contributed by atoms with Crippen molar-refractivity contribution in [1.82, 2.24) is 4.72 Å². The minimum atomic E-state index is -3.95. The molecule has 0 spiro atoms. The van der Waals surface area contributed by atoms with Crippen LogP contribution in [0.25, 0.3) is 0 Å². The number of rotatable bonds is 6. The number of hydrogen-bond acceptors (Lipinski definition) is 6. The number of ether oxygens (including phenoxy) is 1. The average molecular weight is 315 g/mol. The second-order valence-corrected chi connectivity index (χ2v) is 6.33. The van der Waals surface area contributed by atoms with Crippen LogP contribution in [-0.4, -0.2) is 39.1 Å². The molecule has 1 fully saturated rings. The van der Waals surface area contributed by atoms with Crippen molar-refractivity contribution in [2.75, 3.05) is 25.1 Å². The fraction of sp³-hybridized carbons (Fsp3) is 0.500. The van der Waals surface area contributed by atoms with Gasteiger partial charge in [-0.05, 0) is 25.5 Å². The molecular formula is C12H17N3O5S. The summed E-state index contributed by atoms with van der Waals surface area (Å²) >= 11 is 0. The van der Waals surface area contributed by atoms with Gasteiger partial charge in [-0.25, -0.2) is 13.1 Å². The number of nitro groups is 1. The highest BCUT2D eigenvalue weighted by Crippen LogP contribution is 2.27. The van der Waals surface area contributed by atoms with Crippen LogP contribution < -0.4 is 10.0 Å². The largest absolute Gasteiger partial charge is 0.385 e. The van der Waals surface area contributed by atoms with Crippen molar-refractivity contribution in [2.45, 2.75) is 24.3 Å². The smallest absolute Gasteiger partial charge is 0.291 e. The van der Waals surface area contributed by atoms with Gasteiger partial charge in [0, 0.05) is 30.9 Å². The molecule has 1 aromatic rings. The van der Waals surface area contributed by atoms with Crippen molar-refractivity contribution in [1.29, 1.82) is 0 Å². The highest BCUT2D eigenvalue weighted by molar-refractivity contribution is 7.89. The molecule has 1 saturated heterocycles. The first-order valence-corrected chi connectivity index (χ1v) is 8.04. The Labute approximate surface area is 122 Å². The summed E-state index contributed by atoms with van der Waals surface area (Å²) in [5, 5.41) is 14.0. The maximum Gasteiger partial charge on any atom is 0.291 e. The zero-order valence-corrected chi connectivity index (χ0v) is 12.4. The second-order valence-electron chi connectivity index (χ2n) is 4.65. The number of sulfonamides is 1. The predicted octanol–water partition coefficient (Wildman–Crippen LogP) is 1.09. The lowest BCUT2D eigenvalue weighted by Crippen LogP contribution is -2.35. The highest BCUT2D eigenvalue weighted by atomic mass is 32.2. The van der Waals surface area contributed by atoms with E-state index < -0.39 is 20.6 Å². The summed E-state index contributed by atoms with van der Waals surface area (Å²) in [7, 11) is -3.95. The molecule has 2 rings (SSSR count). The van der Waals surface area contributed by atoms with Gasteiger partial charge in [-0.15, -0.1) is 0 Å². The van der Waals surface area contributed by atoms with E-state index in [2.05, 4.69) is 10.0 Å². The van der Waals surface area contributed by atoms with Crippen LogP contribution in [0.2, 0.25) is 0 Å². The lowest BCUT2D eigenvalue weighted by Gasteiger charge is -2.12. The second kappa shape index (κ2) is 6.37. The maximum atomic E-state index is 12.3. The molecule has 1 unspecified atom stereocenters. The lowest BCUT2D eigenvalue weighted by molar-refractivity contribution is -0.387. The molecule has 9 heteroatoms. The van der Waals surface area contributed by atoms with Gasteiger partial charge in [0.2, 0.25) is 10.0 Å². The molecule has 116 valence electrons. The van der Waals surface area contributed by atoms with Crippen LogP contribution in [0.1, 0.15) is 13.3 Å². The zero-order valence-electron chi connectivity index (χ0n) is 11.5. The number of benzene rings is 1. The minimum absolute atomic E-state index is 0.280. The Morgan fingerprint density at radius 2 is 2.24 bits per heavy atom. The third kappa shape index (κ3) is 3.69. The van der Waals surface area contributed by atoms with Gasteiger partial charge in [-0.3, -0.25) is 10.1 Å². The first-order valence-electron chi connectivity index (χ1n) is 6.56. The number of hydrogen-bond donors (Lipinski definition) is 2. The average Bonchev–Trinajstić information content (AvgIpc) is 2.91. The molecular weight excluding hydrogens is 298 g/mol. The summed E-state index contributed by atoms with van der Waals surface area (Å²) in [6.07, 6.45) is 0.558. The van der Waals surface area contributed by atoms with Crippen LogP contribution in [0, 0.1) is 10.1 Å². The topological polar surface area (TPSA) is 111 Å². The monoisotopic (exact) mass is 315 g/mol. The fourth-order valence-corrected chi connectivity index (χ4v) is 3.52. The molecule has 0 amide bonds. The van der Waals surface area contributed by atoms with Crippen LogP contribution in [0.3, 0.4) is 0 Å². The Morgan fingerprint density at radius 3 is 2.81 bits per heavy atom. The Balaban J connectivity index is 2.34. The summed E-state index contributed by atoms with van der Waals surface area (Å²) in [6.45, 7) is 3.19. The molecule has 1 heterocycles. The molecule has 1 atom stereocenters. The summed E-state index contributed by atoms with van der Waals surface area (Å²) in [5.41, 5.74) is 0.0622. The summed E-state index contributed by atoms with van der Waals surface area (Å²) in [4.78, 5) is 10.1. The van der Waals surface area contributed by atoms with Crippen molar-refractivity contribution in [2.24, 2.45) is 0 Å². The number of nitro benzene ring substituents is 1. The standard InChI is InChI=1S/C12H17N3O5S/c1-2-13-9-3-4-12(11(7-9)15(16)17)21(18,19)14-10-5-6-20-8-10/h3-4,7,10,13-14H,2,5-6,8H2,1H3. The van der Waals surface area contributed by atoms with Crippen molar-refractivity contribution >= 4 is 21.4 Å². The van der Waals surface area contributed by atoms with Gasteiger partial charge in [-0.2, -0.15) is 0 Å². The molecule has 2 N–H and O–H groups in total. The number of anilines is 1. The molecule has 0 bridgehead atoms. The quantitative estimate of drug-likeness (QED) is 0.600. The van der Waals surface area contributed by atoms with E-state index >= 15 is 0 Å². The van der Waals surface area contributed by atoms with E-state index in [1.54, 1.807) is 0 Å². The van der Waals surface area contributed by atoms with Gasteiger partial charge < -0.3 is 10.1 Å². The first kappa shape index (κ1) is 15.7. The maximum absolute atomic E-state index is 12.3. The van der Waals surface area contributed by atoms with E-state index in [1.807, 2.05) is 6.92 Å². The summed E-state index contributed by atoms with van der Waals surface area (Å²) < 4.78 is 32.1. The Hall–Kier alpha value is -1.71. The number of nitrogens with zero attached hydrogens (tertiary/aromatic N) is 1. The molecule has 0 radical (unpaired) electrons. The molecule has 0 saturated carbocycles. The minimum Gasteiger partial charge on any atom is -0.385 e. The van der Waals surface area contributed by atoms with E-state index in [-0.39, 0.29) is 17.5 Å². The molecule has 1 aliphatic rings. The van der Waals surface area contributed by atoms with Crippen LogP contribution in [0.15, 0.2) is 23.1 Å². The Bertz CT molecular complexity index is 626. The van der Waals surface area contributed by atoms with Crippen molar-refractivity contribution in [3.05, 3.63) is 28.3 Å². The first-order chi connectivity index (χ1) is 9.94. The van der Waals surface area contributed by atoms with Crippen LogP contribution >= 0.6 is 0 Å². The van der Waals surface area contributed by atoms with E-state index in [0.29, 0.717) is 25.3 Å². The zero-order chi connectivity index (χ0) is 15.5. The van der Waals surface area contributed by atoms with Crippen LogP contribution in [-0.2, 0) is 14.8 Å². The predicted molar refractivity (Wildman–Crippen MR) is 76.8 cm³/mol. The third-order valence-corrected chi connectivity index (χ3v) is 4.65. The van der Waals surface area contributed by atoms with E-state index in [1.165, 1.54) is 18.2 Å². The van der Waals surface area contributed by atoms with E-state index in [4.69, 9.17) is 4.74 Å². The van der Waals surface area contributed by atoms with Crippen molar-refractivity contribution < 1.29 is 18.1 Å². The fourth-order valence-electron chi connectivity index (χ4n) is 2.11. The number of nitrogens with one attached hydrogen (secondary N) is 2. The van der Waals surface area contributed by atoms with Gasteiger partial charge in [0.05, 0.1) is 11.5 Å². The van der Waals surface area contributed by atoms with Crippen LogP contribution in [0.5, 0.6) is 0 Å². The summed E-state index contributed by atoms with van der Waals surface area (Å²) in [6, 6.07) is 3.64. The van der Waals surface area contributed by atoms with Crippen molar-refractivity contribution in [3.63, 3.8) is 0 Å². The van der Waals surface area contributed by atoms with Gasteiger partial charge >= 0.3 is 0 Å². The molecule has 1 aromatic carbocycles. The molecule has 21 heavy (non-hydrogen) atoms.